The fraction of sp³-hybridized carbons (Fsp3) is 0.684. The topological polar surface area (TPSA) is 15.3 Å². The lowest BCUT2D eigenvalue weighted by atomic mass is 10.1. The van der Waals surface area contributed by atoms with Crippen molar-refractivity contribution in [3.8, 4) is 0 Å². The number of nitrogens with one attached hydrogen (secondary N) is 1. The fourth-order valence-corrected chi connectivity index (χ4v) is 4.06. The summed E-state index contributed by atoms with van der Waals surface area (Å²) in [5.41, 5.74) is 2.13. The standard InChI is InChI=1S/C19H28N2/c1-15-6-5-11-21(15)14-19(9-10-19)13-20-18-12-17(18)16-7-3-2-4-8-16/h2-4,7-8,15,17-18,20H,5-6,9-14H2,1H3/t15-,17+,18-/m0/s1. The molecule has 21 heavy (non-hydrogen) atoms. The molecule has 3 atom stereocenters. The Bertz CT molecular complexity index is 480. The van der Waals surface area contributed by atoms with Crippen LogP contribution in [0.25, 0.3) is 0 Å². The summed E-state index contributed by atoms with van der Waals surface area (Å²) in [6.07, 6.45) is 7.02. The monoisotopic (exact) mass is 284 g/mol. The molecule has 0 unspecified atom stereocenters. The van der Waals surface area contributed by atoms with Gasteiger partial charge in [0.2, 0.25) is 0 Å². The molecule has 0 spiro atoms. The summed E-state index contributed by atoms with van der Waals surface area (Å²) in [4.78, 5) is 2.73. The van der Waals surface area contributed by atoms with Crippen molar-refractivity contribution in [1.82, 2.24) is 10.2 Å². The van der Waals surface area contributed by atoms with Crippen molar-refractivity contribution in [1.29, 1.82) is 0 Å². The summed E-state index contributed by atoms with van der Waals surface area (Å²) >= 11 is 0. The van der Waals surface area contributed by atoms with Crippen molar-refractivity contribution in [3.63, 3.8) is 0 Å². The Morgan fingerprint density at radius 3 is 2.71 bits per heavy atom. The molecular formula is C19H28N2. The molecule has 1 heterocycles. The number of hydrogen-bond acceptors (Lipinski definition) is 2. The summed E-state index contributed by atoms with van der Waals surface area (Å²) in [6, 6.07) is 12.6. The minimum Gasteiger partial charge on any atom is -0.313 e. The van der Waals surface area contributed by atoms with Gasteiger partial charge < -0.3 is 10.2 Å². The fourth-order valence-electron chi connectivity index (χ4n) is 4.06. The number of nitrogens with zero attached hydrogens (tertiary/aromatic N) is 1. The van der Waals surface area contributed by atoms with Gasteiger partial charge in [-0.05, 0) is 56.6 Å². The Morgan fingerprint density at radius 2 is 2.05 bits per heavy atom. The zero-order chi connectivity index (χ0) is 14.3. The number of likely N-dealkylation sites (tertiary alicyclic amines) is 1. The van der Waals surface area contributed by atoms with Gasteiger partial charge in [0, 0.05) is 31.1 Å². The molecule has 3 aliphatic rings. The van der Waals surface area contributed by atoms with Crippen LogP contribution in [0.15, 0.2) is 30.3 Å². The molecular weight excluding hydrogens is 256 g/mol. The molecule has 2 saturated carbocycles. The molecule has 2 aliphatic carbocycles. The van der Waals surface area contributed by atoms with Crippen molar-refractivity contribution in [2.75, 3.05) is 19.6 Å². The zero-order valence-corrected chi connectivity index (χ0v) is 13.2. The van der Waals surface area contributed by atoms with Crippen LogP contribution in [0.5, 0.6) is 0 Å². The first-order valence-electron chi connectivity index (χ1n) is 8.78. The second-order valence-corrected chi connectivity index (χ2v) is 7.70. The summed E-state index contributed by atoms with van der Waals surface area (Å²) in [6.45, 7) is 6.32. The molecule has 0 bridgehead atoms. The normalized spacial score (nSPS) is 34.0. The van der Waals surface area contributed by atoms with Crippen LogP contribution in [0.4, 0.5) is 0 Å². The lowest BCUT2D eigenvalue weighted by molar-refractivity contribution is 0.210. The highest BCUT2D eigenvalue weighted by Gasteiger charge is 2.47. The molecule has 114 valence electrons. The van der Waals surface area contributed by atoms with Crippen LogP contribution < -0.4 is 5.32 Å². The molecule has 1 aromatic rings. The minimum absolute atomic E-state index is 0.614. The van der Waals surface area contributed by atoms with E-state index in [-0.39, 0.29) is 0 Å². The number of benzene rings is 1. The third-order valence-corrected chi connectivity index (χ3v) is 5.94. The van der Waals surface area contributed by atoms with Crippen LogP contribution in [-0.4, -0.2) is 36.6 Å². The van der Waals surface area contributed by atoms with Crippen LogP contribution >= 0.6 is 0 Å². The molecule has 1 saturated heterocycles. The molecule has 1 N–H and O–H groups in total. The quantitative estimate of drug-likeness (QED) is 0.861. The van der Waals surface area contributed by atoms with Crippen molar-refractivity contribution in [2.45, 2.75) is 57.0 Å². The van der Waals surface area contributed by atoms with Gasteiger partial charge in [0.25, 0.3) is 0 Å². The number of hydrogen-bond donors (Lipinski definition) is 1. The summed E-state index contributed by atoms with van der Waals surface area (Å²) < 4.78 is 0. The molecule has 2 heteroatoms. The zero-order valence-electron chi connectivity index (χ0n) is 13.2. The third-order valence-electron chi connectivity index (χ3n) is 5.94. The molecule has 4 rings (SSSR count). The van der Waals surface area contributed by atoms with E-state index < -0.39 is 0 Å². The highest BCUT2D eigenvalue weighted by molar-refractivity contribution is 5.27. The van der Waals surface area contributed by atoms with Gasteiger partial charge in [0.1, 0.15) is 0 Å². The van der Waals surface area contributed by atoms with E-state index in [1.54, 1.807) is 0 Å². The van der Waals surface area contributed by atoms with Gasteiger partial charge in [0.05, 0.1) is 0 Å². The smallest absolute Gasteiger partial charge is 0.0143 e. The lowest BCUT2D eigenvalue weighted by Crippen LogP contribution is -2.38. The van der Waals surface area contributed by atoms with E-state index in [9.17, 15) is 0 Å². The second kappa shape index (κ2) is 5.40. The lowest BCUT2D eigenvalue weighted by Gasteiger charge is -2.27. The third kappa shape index (κ3) is 3.02. The molecule has 0 radical (unpaired) electrons. The van der Waals surface area contributed by atoms with Crippen LogP contribution in [-0.2, 0) is 0 Å². The first-order chi connectivity index (χ1) is 10.3. The first kappa shape index (κ1) is 13.8. The summed E-state index contributed by atoms with van der Waals surface area (Å²) in [7, 11) is 0. The maximum atomic E-state index is 3.87. The molecule has 2 nitrogen and oxygen atoms in total. The summed E-state index contributed by atoms with van der Waals surface area (Å²) in [5.74, 6) is 0.771. The van der Waals surface area contributed by atoms with Crippen LogP contribution in [0.2, 0.25) is 0 Å². The van der Waals surface area contributed by atoms with E-state index in [1.807, 2.05) is 0 Å². The molecule has 3 fully saturated rings. The van der Waals surface area contributed by atoms with E-state index in [1.165, 1.54) is 57.3 Å². The maximum absolute atomic E-state index is 3.87. The molecule has 0 amide bonds. The SMILES string of the molecule is C[C@H]1CCCN1CC1(CN[C@H]2C[C@@H]2c2ccccc2)CC1. The van der Waals surface area contributed by atoms with Crippen molar-refractivity contribution in [2.24, 2.45) is 5.41 Å². The van der Waals surface area contributed by atoms with Crippen LogP contribution in [0.1, 0.15) is 50.5 Å². The Hall–Kier alpha value is -0.860. The highest BCUT2D eigenvalue weighted by Crippen LogP contribution is 2.48. The van der Waals surface area contributed by atoms with Crippen molar-refractivity contribution < 1.29 is 0 Å². The molecule has 0 aromatic heterocycles. The Morgan fingerprint density at radius 1 is 1.24 bits per heavy atom. The molecule has 1 aliphatic heterocycles. The van der Waals surface area contributed by atoms with Crippen LogP contribution in [0, 0.1) is 5.41 Å². The Labute approximate surface area is 128 Å². The van der Waals surface area contributed by atoms with E-state index in [2.05, 4.69) is 47.5 Å². The van der Waals surface area contributed by atoms with Gasteiger partial charge in [0.15, 0.2) is 0 Å². The minimum atomic E-state index is 0.614. The van der Waals surface area contributed by atoms with Gasteiger partial charge in [-0.2, -0.15) is 0 Å². The predicted molar refractivity (Wildman–Crippen MR) is 87.5 cm³/mol. The maximum Gasteiger partial charge on any atom is 0.0143 e. The van der Waals surface area contributed by atoms with Crippen LogP contribution in [0.3, 0.4) is 0 Å². The largest absolute Gasteiger partial charge is 0.313 e. The van der Waals surface area contributed by atoms with Gasteiger partial charge in [-0.15, -0.1) is 0 Å². The Kier molecular flexibility index (Phi) is 3.55. The van der Waals surface area contributed by atoms with Gasteiger partial charge in [-0.3, -0.25) is 0 Å². The second-order valence-electron chi connectivity index (χ2n) is 7.70. The Balaban J connectivity index is 1.26. The van der Waals surface area contributed by atoms with E-state index in [4.69, 9.17) is 0 Å². The van der Waals surface area contributed by atoms with Crippen molar-refractivity contribution in [3.05, 3.63) is 35.9 Å². The first-order valence-corrected chi connectivity index (χ1v) is 8.78. The van der Waals surface area contributed by atoms with Crippen molar-refractivity contribution >= 4 is 0 Å². The van der Waals surface area contributed by atoms with E-state index >= 15 is 0 Å². The van der Waals surface area contributed by atoms with E-state index in [0.29, 0.717) is 5.41 Å². The number of rotatable bonds is 6. The van der Waals surface area contributed by atoms with Gasteiger partial charge in [-0.25, -0.2) is 0 Å². The highest BCUT2D eigenvalue weighted by atomic mass is 15.2. The van der Waals surface area contributed by atoms with E-state index in [0.717, 1.165) is 18.0 Å². The van der Waals surface area contributed by atoms with Gasteiger partial charge >= 0.3 is 0 Å². The average Bonchev–Trinajstić information content (AvgIpc) is 3.40. The predicted octanol–water partition coefficient (Wildman–Crippen LogP) is 3.40. The average molecular weight is 284 g/mol. The van der Waals surface area contributed by atoms with Gasteiger partial charge in [-0.1, -0.05) is 30.3 Å². The summed E-state index contributed by atoms with van der Waals surface area (Å²) in [5, 5.41) is 3.87. The molecule has 1 aromatic carbocycles.